The monoisotopic (exact) mass is 478 g/mol. The number of rotatable bonds is 9. The molecule has 10 heteroatoms. The Hall–Kier alpha value is -4.60. The maximum Gasteiger partial charge on any atom is 0.313 e. The smallest absolute Gasteiger partial charge is 0.313 e. The van der Waals surface area contributed by atoms with Crippen LogP contribution in [0.2, 0.25) is 0 Å². The van der Waals surface area contributed by atoms with Crippen LogP contribution in [0.4, 0.5) is 5.69 Å². The Bertz CT molecular complexity index is 1220. The maximum absolute atomic E-state index is 12.1. The predicted octanol–water partition coefficient (Wildman–Crippen LogP) is 2.55. The summed E-state index contributed by atoms with van der Waals surface area (Å²) >= 11 is 0. The highest BCUT2D eigenvalue weighted by Crippen LogP contribution is 2.27. The normalized spacial score (nSPS) is 10.6. The van der Waals surface area contributed by atoms with E-state index in [1.54, 1.807) is 42.5 Å². The summed E-state index contributed by atoms with van der Waals surface area (Å²) in [5.41, 5.74) is 4.73. The zero-order valence-electron chi connectivity index (χ0n) is 19.6. The van der Waals surface area contributed by atoms with Gasteiger partial charge in [-0.1, -0.05) is 23.8 Å². The highest BCUT2D eigenvalue weighted by molar-refractivity contribution is 6.39. The fourth-order valence-electron chi connectivity index (χ4n) is 3.01. The Balaban J connectivity index is 1.44. The van der Waals surface area contributed by atoms with Crippen molar-refractivity contribution in [2.75, 3.05) is 19.5 Å². The van der Waals surface area contributed by atoms with Gasteiger partial charge in [-0.2, -0.15) is 5.10 Å². The first-order chi connectivity index (χ1) is 16.9. The molecule has 0 radical (unpaired) electrons. The lowest BCUT2D eigenvalue weighted by Gasteiger charge is -2.09. The van der Waals surface area contributed by atoms with Crippen LogP contribution >= 0.6 is 0 Å². The molecule has 0 fully saturated rings. The van der Waals surface area contributed by atoms with Crippen molar-refractivity contribution < 1.29 is 28.3 Å². The molecule has 0 bridgehead atoms. The lowest BCUT2D eigenvalue weighted by molar-refractivity contribution is -0.136. The van der Waals surface area contributed by atoms with E-state index in [1.165, 1.54) is 20.4 Å². The summed E-state index contributed by atoms with van der Waals surface area (Å²) in [6.07, 6.45) is 1.43. The quantitative estimate of drug-likeness (QED) is 0.246. The molecule has 3 N–H and O–H groups in total. The van der Waals surface area contributed by atoms with E-state index >= 15 is 0 Å². The number of ether oxygens (including phenoxy) is 2. The molecule has 2 aromatic carbocycles. The Morgan fingerprint density at radius 1 is 0.943 bits per heavy atom. The minimum Gasteiger partial charge on any atom is -0.493 e. The van der Waals surface area contributed by atoms with E-state index < -0.39 is 11.8 Å². The molecule has 0 aliphatic rings. The Morgan fingerprint density at radius 3 is 2.40 bits per heavy atom. The summed E-state index contributed by atoms with van der Waals surface area (Å²) in [6.45, 7) is 1.94. The average Bonchev–Trinajstić information content (AvgIpc) is 3.31. The van der Waals surface area contributed by atoms with Gasteiger partial charge >= 0.3 is 11.8 Å². The Labute approximate surface area is 202 Å². The molecule has 3 aromatic rings. The largest absolute Gasteiger partial charge is 0.493 e. The van der Waals surface area contributed by atoms with E-state index in [1.807, 2.05) is 19.1 Å². The Kier molecular flexibility index (Phi) is 8.60. The van der Waals surface area contributed by atoms with Crippen molar-refractivity contribution in [3.8, 4) is 11.5 Å². The SMILES string of the molecule is COc1ccc(CC(=O)N/N=C\c2ccc(CNC(=O)C(=O)Nc3ccc(C)cc3)o2)cc1OC. The molecular weight excluding hydrogens is 452 g/mol. The van der Waals surface area contributed by atoms with Gasteiger partial charge in [0.05, 0.1) is 33.4 Å². The molecule has 0 saturated carbocycles. The lowest BCUT2D eigenvalue weighted by Crippen LogP contribution is -2.34. The van der Waals surface area contributed by atoms with Crippen molar-refractivity contribution in [1.82, 2.24) is 10.7 Å². The predicted molar refractivity (Wildman–Crippen MR) is 129 cm³/mol. The molecule has 3 rings (SSSR count). The number of nitrogens with one attached hydrogen (secondary N) is 3. The molecule has 35 heavy (non-hydrogen) atoms. The summed E-state index contributed by atoms with van der Waals surface area (Å²) in [6, 6.07) is 15.5. The van der Waals surface area contributed by atoms with Crippen LogP contribution in [0.3, 0.4) is 0 Å². The van der Waals surface area contributed by atoms with Gasteiger partial charge in [-0.15, -0.1) is 0 Å². The zero-order chi connectivity index (χ0) is 25.2. The van der Waals surface area contributed by atoms with Crippen molar-refractivity contribution in [3.05, 3.63) is 77.2 Å². The van der Waals surface area contributed by atoms with Gasteiger partial charge in [0.25, 0.3) is 0 Å². The molecule has 0 saturated heterocycles. The van der Waals surface area contributed by atoms with Crippen molar-refractivity contribution in [2.45, 2.75) is 19.9 Å². The first kappa shape index (κ1) is 25.0. The number of anilines is 1. The van der Waals surface area contributed by atoms with Crippen molar-refractivity contribution in [1.29, 1.82) is 0 Å². The standard InChI is InChI=1S/C25H26N4O6/c1-16-4-7-18(8-5-16)28-25(32)24(31)26-14-19-9-10-20(35-19)15-27-29-23(30)13-17-6-11-21(33-2)22(12-17)34-3/h4-12,15H,13-14H2,1-3H3,(H,26,31)(H,28,32)(H,29,30)/b27-15-. The first-order valence-electron chi connectivity index (χ1n) is 10.7. The van der Waals surface area contributed by atoms with E-state index in [4.69, 9.17) is 13.9 Å². The molecule has 1 heterocycles. The molecule has 0 aliphatic carbocycles. The number of carbonyl (C=O) groups excluding carboxylic acids is 3. The summed E-state index contributed by atoms with van der Waals surface area (Å²) < 4.78 is 15.9. The molecule has 0 spiro atoms. The van der Waals surface area contributed by atoms with E-state index in [9.17, 15) is 14.4 Å². The van der Waals surface area contributed by atoms with Crippen molar-refractivity contribution in [2.24, 2.45) is 5.10 Å². The van der Waals surface area contributed by atoms with Crippen molar-refractivity contribution in [3.63, 3.8) is 0 Å². The summed E-state index contributed by atoms with van der Waals surface area (Å²) in [4.78, 5) is 36.2. The second kappa shape index (κ2) is 12.0. The molecule has 1 aromatic heterocycles. The van der Waals surface area contributed by atoms with Gasteiger partial charge in [0.1, 0.15) is 11.5 Å². The second-order valence-electron chi connectivity index (χ2n) is 7.47. The molecule has 0 unspecified atom stereocenters. The molecular formula is C25H26N4O6. The van der Waals surface area contributed by atoms with E-state index in [-0.39, 0.29) is 18.9 Å². The number of amides is 3. The van der Waals surface area contributed by atoms with Crippen LogP contribution in [0, 0.1) is 6.92 Å². The molecule has 182 valence electrons. The van der Waals surface area contributed by atoms with E-state index in [0.29, 0.717) is 28.7 Å². The number of benzene rings is 2. The third-order valence-corrected chi connectivity index (χ3v) is 4.81. The highest BCUT2D eigenvalue weighted by Gasteiger charge is 2.14. The number of hydrazone groups is 1. The zero-order valence-corrected chi connectivity index (χ0v) is 19.6. The van der Waals surface area contributed by atoms with Gasteiger partial charge < -0.3 is 24.5 Å². The average molecular weight is 479 g/mol. The van der Waals surface area contributed by atoms with Gasteiger partial charge in [-0.25, -0.2) is 5.43 Å². The Morgan fingerprint density at radius 2 is 1.69 bits per heavy atom. The van der Waals surface area contributed by atoms with Crippen LogP contribution in [0.25, 0.3) is 0 Å². The summed E-state index contributed by atoms with van der Waals surface area (Å²) in [5, 5.41) is 8.88. The third-order valence-electron chi connectivity index (χ3n) is 4.81. The van der Waals surface area contributed by atoms with Gasteiger partial charge in [-0.05, 0) is 48.9 Å². The van der Waals surface area contributed by atoms with Crippen LogP contribution < -0.4 is 25.5 Å². The number of furan rings is 1. The van der Waals surface area contributed by atoms with Crippen LogP contribution in [-0.2, 0) is 27.3 Å². The van der Waals surface area contributed by atoms with Crippen LogP contribution in [0.15, 0.2) is 64.1 Å². The van der Waals surface area contributed by atoms with Crippen molar-refractivity contribution >= 4 is 29.6 Å². The number of hydrogen-bond donors (Lipinski definition) is 3. The van der Waals surface area contributed by atoms with E-state index in [0.717, 1.165) is 11.1 Å². The van der Waals surface area contributed by atoms with E-state index in [2.05, 4.69) is 21.2 Å². The van der Waals surface area contributed by atoms with Gasteiger partial charge in [0, 0.05) is 5.69 Å². The number of aryl methyl sites for hydroxylation is 1. The first-order valence-corrected chi connectivity index (χ1v) is 10.7. The van der Waals surface area contributed by atoms with Crippen LogP contribution in [0.5, 0.6) is 11.5 Å². The second-order valence-corrected chi connectivity index (χ2v) is 7.47. The number of methoxy groups -OCH3 is 2. The summed E-state index contributed by atoms with van der Waals surface area (Å²) in [7, 11) is 3.06. The van der Waals surface area contributed by atoms with Crippen LogP contribution in [-0.4, -0.2) is 38.2 Å². The van der Waals surface area contributed by atoms with Gasteiger partial charge in [0.2, 0.25) is 5.91 Å². The third kappa shape index (κ3) is 7.46. The molecule has 0 atom stereocenters. The fourth-order valence-corrected chi connectivity index (χ4v) is 3.01. The number of carbonyl (C=O) groups is 3. The fraction of sp³-hybridized carbons (Fsp3) is 0.200. The van der Waals surface area contributed by atoms with Gasteiger partial charge in [-0.3, -0.25) is 14.4 Å². The highest BCUT2D eigenvalue weighted by atomic mass is 16.5. The molecule has 0 aliphatic heterocycles. The minimum absolute atomic E-state index is 0.0135. The maximum atomic E-state index is 12.1. The topological polar surface area (TPSA) is 131 Å². The van der Waals surface area contributed by atoms with Crippen LogP contribution in [0.1, 0.15) is 22.6 Å². The molecule has 10 nitrogen and oxygen atoms in total. The van der Waals surface area contributed by atoms with Gasteiger partial charge in [0.15, 0.2) is 11.5 Å². The summed E-state index contributed by atoms with van der Waals surface area (Å²) in [5.74, 6) is -0.00834. The minimum atomic E-state index is -0.792. The number of hydrogen-bond acceptors (Lipinski definition) is 7. The molecule has 3 amide bonds. The lowest BCUT2D eigenvalue weighted by atomic mass is 10.1. The number of nitrogens with zero attached hydrogens (tertiary/aromatic N) is 1.